The van der Waals surface area contributed by atoms with Gasteiger partial charge in [-0.25, -0.2) is 48.0 Å². The quantitative estimate of drug-likeness (QED) is 0.200. The lowest BCUT2D eigenvalue weighted by Crippen LogP contribution is -2.45. The van der Waals surface area contributed by atoms with Crippen molar-refractivity contribution in [3.05, 3.63) is 59.6 Å². The molecule has 288 valence electrons. The first kappa shape index (κ1) is 37.6. The number of rotatable bonds is 12. The summed E-state index contributed by atoms with van der Waals surface area (Å²) in [6.07, 6.45) is 7.78. The molecule has 3 aliphatic heterocycles. The average Bonchev–Trinajstić information content (AvgIpc) is 3.18. The number of fused-ring (bicyclic) bond motifs is 1. The molecule has 17 nitrogen and oxygen atoms in total. The van der Waals surface area contributed by atoms with Crippen molar-refractivity contribution in [1.82, 2.24) is 40.2 Å². The van der Waals surface area contributed by atoms with E-state index < -0.39 is 28.0 Å². The van der Waals surface area contributed by atoms with Crippen LogP contribution in [0.2, 0.25) is 0 Å². The van der Waals surface area contributed by atoms with E-state index >= 15 is 4.39 Å². The number of nitrogens with one attached hydrogen (secondary N) is 2. The highest BCUT2D eigenvalue weighted by atomic mass is 32.2. The Balaban J connectivity index is 1.06. The molecule has 3 fully saturated rings. The van der Waals surface area contributed by atoms with Crippen molar-refractivity contribution in [1.29, 1.82) is 0 Å². The highest BCUT2D eigenvalue weighted by molar-refractivity contribution is 7.92. The van der Waals surface area contributed by atoms with Crippen LogP contribution in [0.15, 0.2) is 36.8 Å². The largest absolute Gasteiger partial charge is 0.480 e. The normalized spacial score (nSPS) is 18.8. The van der Waals surface area contributed by atoms with E-state index in [9.17, 15) is 13.2 Å². The van der Waals surface area contributed by atoms with Crippen LogP contribution in [-0.4, -0.2) is 128 Å². The fourth-order valence-electron chi connectivity index (χ4n) is 6.60. The van der Waals surface area contributed by atoms with E-state index in [1.807, 2.05) is 4.90 Å². The predicted molar refractivity (Wildman–Crippen MR) is 196 cm³/mol. The maximum absolute atomic E-state index is 15.4. The van der Waals surface area contributed by atoms with Crippen LogP contribution in [0.4, 0.5) is 16.0 Å². The van der Waals surface area contributed by atoms with Crippen LogP contribution in [0.1, 0.15) is 41.0 Å². The number of hydrogen-bond acceptors (Lipinski definition) is 15. The molecule has 54 heavy (non-hydrogen) atoms. The summed E-state index contributed by atoms with van der Waals surface area (Å²) in [5.41, 5.74) is 5.01. The van der Waals surface area contributed by atoms with Crippen LogP contribution in [0.3, 0.4) is 0 Å². The second-order valence-corrected chi connectivity index (χ2v) is 15.1. The molecule has 7 rings (SSSR count). The number of ether oxygens (including phenoxy) is 3. The third-order valence-corrected chi connectivity index (χ3v) is 9.94. The number of morpholine rings is 1. The lowest BCUT2D eigenvalue weighted by molar-refractivity contribution is -0.186. The number of nitrogens with zero attached hydrogens (tertiary/aromatic N) is 8. The summed E-state index contributed by atoms with van der Waals surface area (Å²) in [4.78, 5) is 47.3. The van der Waals surface area contributed by atoms with Crippen LogP contribution in [-0.2, 0) is 37.4 Å². The standard InChI is InChI=1S/C35H43FN10O7S/c1-50-34-28(43-54(2,48)49)16-23(18-39-34)31-27-17-26(36)15-24(32(27)41-35(40-31)46-10-13-51-14-11-46)21-44-6-8-45(9-7-44)22-29-37-19-25(20-38-29)33(47)42-53-30-5-3-4-12-52-30/h15-20,30,43H,3-14,21-22H2,1-2H3,(H,42,47). The summed E-state index contributed by atoms with van der Waals surface area (Å²) in [6.45, 7) is 6.60. The van der Waals surface area contributed by atoms with E-state index in [1.54, 1.807) is 6.07 Å². The van der Waals surface area contributed by atoms with Crippen molar-refractivity contribution in [3.8, 4) is 17.1 Å². The number of benzene rings is 1. The van der Waals surface area contributed by atoms with Gasteiger partial charge in [-0.1, -0.05) is 0 Å². The van der Waals surface area contributed by atoms with Gasteiger partial charge >= 0.3 is 0 Å². The molecule has 2 N–H and O–H groups in total. The predicted octanol–water partition coefficient (Wildman–Crippen LogP) is 2.34. The number of anilines is 2. The first-order valence-electron chi connectivity index (χ1n) is 17.8. The van der Waals surface area contributed by atoms with Crippen molar-refractivity contribution < 1.29 is 36.7 Å². The second-order valence-electron chi connectivity index (χ2n) is 13.4. The lowest BCUT2D eigenvalue weighted by Gasteiger charge is -2.34. The van der Waals surface area contributed by atoms with Gasteiger partial charge in [0.2, 0.25) is 21.9 Å². The van der Waals surface area contributed by atoms with Gasteiger partial charge in [0.15, 0.2) is 6.29 Å². The van der Waals surface area contributed by atoms with Gasteiger partial charge in [0.05, 0.1) is 49.9 Å². The van der Waals surface area contributed by atoms with Crippen molar-refractivity contribution in [2.24, 2.45) is 0 Å². The number of carbonyl (C=O) groups is 1. The Morgan fingerprint density at radius 1 is 0.944 bits per heavy atom. The molecule has 0 radical (unpaired) electrons. The van der Waals surface area contributed by atoms with Crippen LogP contribution >= 0.6 is 0 Å². The first-order valence-corrected chi connectivity index (χ1v) is 19.7. The highest BCUT2D eigenvalue weighted by Crippen LogP contribution is 2.35. The number of hydrogen-bond donors (Lipinski definition) is 2. The zero-order valence-corrected chi connectivity index (χ0v) is 31.0. The number of hydroxylamine groups is 1. The van der Waals surface area contributed by atoms with Crippen molar-refractivity contribution >= 4 is 38.5 Å². The van der Waals surface area contributed by atoms with Gasteiger partial charge in [-0.3, -0.25) is 19.3 Å². The molecule has 1 unspecified atom stereocenters. The minimum Gasteiger partial charge on any atom is -0.480 e. The fourth-order valence-corrected chi connectivity index (χ4v) is 7.14. The summed E-state index contributed by atoms with van der Waals surface area (Å²) in [5, 5.41) is 0.473. The summed E-state index contributed by atoms with van der Waals surface area (Å²) < 4.78 is 58.5. The van der Waals surface area contributed by atoms with Gasteiger partial charge in [-0.15, -0.1) is 0 Å². The van der Waals surface area contributed by atoms with Gasteiger partial charge in [0, 0.05) is 88.4 Å². The van der Waals surface area contributed by atoms with Gasteiger partial charge in [0.25, 0.3) is 5.91 Å². The molecule has 0 saturated carbocycles. The van der Waals surface area contributed by atoms with Gasteiger partial charge in [-0.05, 0) is 36.6 Å². The summed E-state index contributed by atoms with van der Waals surface area (Å²) in [7, 11) is -2.27. The minimum absolute atomic E-state index is 0.0870. The average molecular weight is 767 g/mol. The van der Waals surface area contributed by atoms with Crippen LogP contribution in [0.25, 0.3) is 22.2 Å². The van der Waals surface area contributed by atoms with E-state index in [0.717, 1.165) is 38.6 Å². The molecule has 1 atom stereocenters. The maximum Gasteiger partial charge on any atom is 0.278 e. The Bertz CT molecular complexity index is 2060. The molecule has 0 spiro atoms. The van der Waals surface area contributed by atoms with Gasteiger partial charge in [0.1, 0.15) is 17.3 Å². The third-order valence-electron chi connectivity index (χ3n) is 9.35. The maximum atomic E-state index is 15.4. The summed E-state index contributed by atoms with van der Waals surface area (Å²) in [6, 6.07) is 4.49. The van der Waals surface area contributed by atoms with E-state index in [1.165, 1.54) is 37.8 Å². The number of methoxy groups -OCH3 is 1. The Morgan fingerprint density at radius 3 is 2.37 bits per heavy atom. The molecular formula is C35H43FN10O7S. The number of aromatic nitrogens is 5. The monoisotopic (exact) mass is 766 g/mol. The van der Waals surface area contributed by atoms with E-state index in [0.29, 0.717) is 104 Å². The van der Waals surface area contributed by atoms with Crippen molar-refractivity contribution in [2.45, 2.75) is 38.6 Å². The zero-order valence-electron chi connectivity index (χ0n) is 30.2. The molecule has 4 aromatic rings. The minimum atomic E-state index is -3.66. The molecular weight excluding hydrogens is 724 g/mol. The Morgan fingerprint density at radius 2 is 1.69 bits per heavy atom. The number of amides is 1. The SMILES string of the molecule is COc1ncc(-c2nc(N3CCOCC3)nc3c(CN4CCN(Cc5ncc(C(=O)NOC6CCCCO6)cn5)CC4)cc(F)cc23)cc1NS(C)(=O)=O. The summed E-state index contributed by atoms with van der Waals surface area (Å²) >= 11 is 0. The number of halogens is 1. The molecule has 3 aromatic heterocycles. The fraction of sp³-hybridized carbons (Fsp3) is 0.486. The second kappa shape index (κ2) is 16.8. The van der Waals surface area contributed by atoms with Gasteiger partial charge < -0.3 is 19.1 Å². The first-order chi connectivity index (χ1) is 26.1. The molecule has 1 amide bonds. The van der Waals surface area contributed by atoms with Crippen LogP contribution < -0.4 is 19.8 Å². The highest BCUT2D eigenvalue weighted by Gasteiger charge is 2.24. The van der Waals surface area contributed by atoms with E-state index in [4.69, 9.17) is 29.0 Å². The zero-order chi connectivity index (χ0) is 37.7. The molecule has 6 heterocycles. The molecule has 19 heteroatoms. The van der Waals surface area contributed by atoms with Crippen LogP contribution in [0.5, 0.6) is 5.88 Å². The third kappa shape index (κ3) is 9.34. The van der Waals surface area contributed by atoms with Crippen molar-refractivity contribution in [3.63, 3.8) is 0 Å². The molecule has 0 bridgehead atoms. The van der Waals surface area contributed by atoms with E-state index in [-0.39, 0.29) is 11.6 Å². The smallest absolute Gasteiger partial charge is 0.278 e. The number of sulfonamides is 1. The Hall–Kier alpha value is -4.66. The number of piperazine rings is 1. The summed E-state index contributed by atoms with van der Waals surface area (Å²) in [5.74, 6) is 0.262. The number of carbonyl (C=O) groups excluding carboxylic acids is 1. The molecule has 3 saturated heterocycles. The van der Waals surface area contributed by atoms with Crippen LogP contribution in [0, 0.1) is 5.82 Å². The Labute approximate surface area is 312 Å². The van der Waals surface area contributed by atoms with Gasteiger partial charge in [-0.2, -0.15) is 0 Å². The lowest BCUT2D eigenvalue weighted by atomic mass is 10.0. The topological polar surface area (TPSA) is 186 Å². The van der Waals surface area contributed by atoms with E-state index in [2.05, 4.69) is 35.0 Å². The van der Waals surface area contributed by atoms with Crippen molar-refractivity contribution in [2.75, 3.05) is 82.1 Å². The molecule has 0 aliphatic carbocycles. The Kier molecular flexibility index (Phi) is 11.7. The molecule has 3 aliphatic rings. The number of pyridine rings is 1. The molecule has 1 aromatic carbocycles.